The molecule has 0 aliphatic carbocycles. The normalized spacial score (nSPS) is 24.2. The van der Waals surface area contributed by atoms with Crippen molar-refractivity contribution in [3.63, 3.8) is 0 Å². The summed E-state index contributed by atoms with van der Waals surface area (Å²) in [6.07, 6.45) is 2.32. The van der Waals surface area contributed by atoms with Crippen LogP contribution in [-0.2, 0) is 26.4 Å². The Morgan fingerprint density at radius 2 is 1.90 bits per heavy atom. The topological polar surface area (TPSA) is 63.6 Å². The van der Waals surface area contributed by atoms with Gasteiger partial charge in [0.2, 0.25) is 11.8 Å². The van der Waals surface area contributed by atoms with Gasteiger partial charge in [-0.2, -0.15) is 0 Å². The van der Waals surface area contributed by atoms with Crippen LogP contribution in [0, 0.1) is 0 Å². The fourth-order valence-electron chi connectivity index (χ4n) is 4.61. The third-order valence-corrected chi connectivity index (χ3v) is 6.12. The van der Waals surface area contributed by atoms with Gasteiger partial charge in [0.05, 0.1) is 5.54 Å². The van der Waals surface area contributed by atoms with E-state index in [-0.39, 0.29) is 24.5 Å². The van der Waals surface area contributed by atoms with E-state index in [0.29, 0.717) is 26.1 Å². The van der Waals surface area contributed by atoms with Gasteiger partial charge in [0.25, 0.3) is 0 Å². The van der Waals surface area contributed by atoms with Gasteiger partial charge >= 0.3 is 0 Å². The molecule has 1 N–H and O–H groups in total. The Balaban J connectivity index is 1.37. The molecule has 0 unspecified atom stereocenters. The Morgan fingerprint density at radius 3 is 2.76 bits per heavy atom. The number of rotatable bonds is 3. The van der Waals surface area contributed by atoms with Crippen molar-refractivity contribution >= 4 is 22.7 Å². The monoisotopic (exact) mass is 389 g/mol. The van der Waals surface area contributed by atoms with Crippen molar-refractivity contribution in [2.45, 2.75) is 24.6 Å². The van der Waals surface area contributed by atoms with Crippen LogP contribution in [0.4, 0.5) is 0 Å². The maximum Gasteiger partial charge on any atom is 0.246 e. The van der Waals surface area contributed by atoms with Crippen LogP contribution in [0.3, 0.4) is 0 Å². The number of amides is 2. The number of aromatic nitrogens is 1. The summed E-state index contributed by atoms with van der Waals surface area (Å²) in [7, 11) is 0. The highest BCUT2D eigenvalue weighted by molar-refractivity contribution is 5.83. The number of para-hydroxylation sites is 1. The van der Waals surface area contributed by atoms with E-state index < -0.39 is 5.54 Å². The van der Waals surface area contributed by atoms with Gasteiger partial charge in [-0.05, 0) is 29.5 Å². The van der Waals surface area contributed by atoms with Gasteiger partial charge in [-0.1, -0.05) is 48.5 Å². The van der Waals surface area contributed by atoms with Crippen LogP contribution in [0.25, 0.3) is 10.9 Å². The number of morpholine rings is 1. The van der Waals surface area contributed by atoms with Crippen LogP contribution in [0.1, 0.15) is 12.0 Å². The lowest BCUT2D eigenvalue weighted by Gasteiger charge is -2.50. The molecule has 6 heteroatoms. The summed E-state index contributed by atoms with van der Waals surface area (Å²) < 4.78 is 7.91. The van der Waals surface area contributed by atoms with Crippen LogP contribution in [0.2, 0.25) is 0 Å². The lowest BCUT2D eigenvalue weighted by Crippen LogP contribution is -2.67. The molecule has 2 amide bonds. The van der Waals surface area contributed by atoms with Gasteiger partial charge in [0.1, 0.15) is 19.3 Å². The Labute approximate surface area is 169 Å². The summed E-state index contributed by atoms with van der Waals surface area (Å²) in [4.78, 5) is 27.0. The third kappa shape index (κ3) is 3.09. The van der Waals surface area contributed by atoms with E-state index in [1.165, 1.54) is 0 Å². The van der Waals surface area contributed by atoms with Crippen molar-refractivity contribution in [1.82, 2.24) is 14.8 Å². The predicted molar refractivity (Wildman–Crippen MR) is 109 cm³/mol. The molecule has 2 atom stereocenters. The largest absolute Gasteiger partial charge is 0.364 e. The highest BCUT2D eigenvalue weighted by atomic mass is 16.5. The number of nitrogens with zero attached hydrogens (tertiary/aromatic N) is 2. The molecule has 0 radical (unpaired) electrons. The van der Waals surface area contributed by atoms with Crippen LogP contribution < -0.4 is 5.32 Å². The van der Waals surface area contributed by atoms with Crippen molar-refractivity contribution in [2.75, 3.05) is 19.7 Å². The molecule has 2 aliphatic heterocycles. The molecule has 2 aromatic carbocycles. The molecule has 2 aliphatic rings. The third-order valence-electron chi connectivity index (χ3n) is 6.12. The van der Waals surface area contributed by atoms with Crippen molar-refractivity contribution < 1.29 is 14.3 Å². The summed E-state index contributed by atoms with van der Waals surface area (Å²) in [6.45, 7) is 1.37. The molecular weight excluding hydrogens is 366 g/mol. The number of carbonyl (C=O) groups is 2. The number of nitrogens with one attached hydrogen (secondary N) is 1. The SMILES string of the molecule is O=C1CO[C@@H]2CN(C(=O)Cn3ccc4ccccc43)CC[C@@]2(c2ccccc2)N1. The molecule has 6 nitrogen and oxygen atoms in total. The minimum Gasteiger partial charge on any atom is -0.364 e. The summed E-state index contributed by atoms with van der Waals surface area (Å²) in [6, 6.07) is 20.0. The number of fused-ring (bicyclic) bond motifs is 2. The first-order valence-electron chi connectivity index (χ1n) is 9.95. The molecule has 3 heterocycles. The fourth-order valence-corrected chi connectivity index (χ4v) is 4.61. The Morgan fingerprint density at radius 1 is 1.10 bits per heavy atom. The summed E-state index contributed by atoms with van der Waals surface area (Å²) in [5.74, 6) is -0.0443. The maximum atomic E-state index is 13.1. The molecule has 1 aromatic heterocycles. The predicted octanol–water partition coefficient (Wildman–Crippen LogP) is 2.28. The summed E-state index contributed by atoms with van der Waals surface area (Å²) in [5, 5.41) is 4.30. The average Bonchev–Trinajstić information content (AvgIpc) is 3.16. The van der Waals surface area contributed by atoms with Crippen molar-refractivity contribution in [2.24, 2.45) is 0 Å². The molecule has 0 saturated carbocycles. The first-order chi connectivity index (χ1) is 14.2. The van der Waals surface area contributed by atoms with Gasteiger partial charge in [-0.25, -0.2) is 0 Å². The zero-order valence-corrected chi connectivity index (χ0v) is 16.1. The van der Waals surface area contributed by atoms with E-state index >= 15 is 0 Å². The zero-order chi connectivity index (χ0) is 19.8. The molecule has 148 valence electrons. The number of benzene rings is 2. The first-order valence-corrected chi connectivity index (χ1v) is 9.95. The van der Waals surface area contributed by atoms with E-state index in [9.17, 15) is 9.59 Å². The number of likely N-dealkylation sites (tertiary alicyclic amines) is 1. The molecule has 29 heavy (non-hydrogen) atoms. The standard InChI is InChI=1S/C23H23N3O3/c27-21-16-29-20-14-26(13-11-23(20,24-21)18-7-2-1-3-8-18)22(28)15-25-12-10-17-6-4-5-9-19(17)25/h1-10,12,20H,11,13-16H2,(H,24,27)/t20-,23+/m1/s1. The summed E-state index contributed by atoms with van der Waals surface area (Å²) in [5.41, 5.74) is 1.51. The highest BCUT2D eigenvalue weighted by Gasteiger charge is 2.49. The molecular formula is C23H23N3O3. The molecule has 2 fully saturated rings. The Bertz CT molecular complexity index is 1060. The second kappa shape index (κ2) is 7.04. The number of piperidine rings is 1. The smallest absolute Gasteiger partial charge is 0.246 e. The van der Waals surface area contributed by atoms with Crippen LogP contribution in [0.5, 0.6) is 0 Å². The van der Waals surface area contributed by atoms with E-state index in [2.05, 4.69) is 5.32 Å². The highest BCUT2D eigenvalue weighted by Crippen LogP contribution is 2.37. The maximum absolute atomic E-state index is 13.1. The van der Waals surface area contributed by atoms with Crippen molar-refractivity contribution in [1.29, 1.82) is 0 Å². The van der Waals surface area contributed by atoms with Gasteiger partial charge in [0.15, 0.2) is 0 Å². The van der Waals surface area contributed by atoms with Crippen molar-refractivity contribution in [3.05, 3.63) is 72.4 Å². The minimum atomic E-state index is -0.576. The first kappa shape index (κ1) is 17.9. The van der Waals surface area contributed by atoms with Crippen LogP contribution >= 0.6 is 0 Å². The fraction of sp³-hybridized carbons (Fsp3) is 0.304. The van der Waals surface area contributed by atoms with Gasteiger partial charge < -0.3 is 19.5 Å². The summed E-state index contributed by atoms with van der Waals surface area (Å²) >= 11 is 0. The minimum absolute atomic E-state index is 0.0313. The van der Waals surface area contributed by atoms with E-state index in [1.54, 1.807) is 0 Å². The Hall–Kier alpha value is -3.12. The number of hydrogen-bond acceptors (Lipinski definition) is 3. The number of ether oxygens (including phenoxy) is 1. The van der Waals surface area contributed by atoms with Crippen molar-refractivity contribution in [3.8, 4) is 0 Å². The lowest BCUT2D eigenvalue weighted by atomic mass is 9.77. The van der Waals surface area contributed by atoms with Gasteiger partial charge in [0, 0.05) is 24.8 Å². The quantitative estimate of drug-likeness (QED) is 0.748. The van der Waals surface area contributed by atoms with E-state index in [1.807, 2.05) is 76.3 Å². The van der Waals surface area contributed by atoms with Gasteiger partial charge in [-0.15, -0.1) is 0 Å². The number of carbonyl (C=O) groups excluding carboxylic acids is 2. The Kier molecular flexibility index (Phi) is 4.36. The van der Waals surface area contributed by atoms with Crippen LogP contribution in [-0.4, -0.2) is 47.1 Å². The van der Waals surface area contributed by atoms with E-state index in [4.69, 9.17) is 4.74 Å². The molecule has 0 bridgehead atoms. The molecule has 0 spiro atoms. The molecule has 3 aromatic rings. The van der Waals surface area contributed by atoms with Crippen LogP contribution in [0.15, 0.2) is 66.9 Å². The molecule has 5 rings (SSSR count). The molecule has 2 saturated heterocycles. The zero-order valence-electron chi connectivity index (χ0n) is 16.1. The second-order valence-electron chi connectivity index (χ2n) is 7.78. The lowest BCUT2D eigenvalue weighted by molar-refractivity contribution is -0.157. The number of hydrogen-bond donors (Lipinski definition) is 1. The van der Waals surface area contributed by atoms with E-state index in [0.717, 1.165) is 16.5 Å². The van der Waals surface area contributed by atoms with Gasteiger partial charge in [-0.3, -0.25) is 9.59 Å². The second-order valence-corrected chi connectivity index (χ2v) is 7.78. The average molecular weight is 389 g/mol.